The number of furan rings is 1. The lowest BCUT2D eigenvalue weighted by molar-refractivity contribution is -0.128. The summed E-state index contributed by atoms with van der Waals surface area (Å²) >= 11 is 6.65. The van der Waals surface area contributed by atoms with Crippen LogP contribution in [0.4, 0.5) is 11.5 Å². The van der Waals surface area contributed by atoms with E-state index in [1.807, 2.05) is 24.3 Å². The van der Waals surface area contributed by atoms with Gasteiger partial charge in [0.15, 0.2) is 0 Å². The van der Waals surface area contributed by atoms with Crippen LogP contribution in [0.15, 0.2) is 53.7 Å². The van der Waals surface area contributed by atoms with Gasteiger partial charge in [-0.3, -0.25) is 4.79 Å². The number of piperazine rings is 1. The first-order valence-corrected chi connectivity index (χ1v) is 14.4. The number of nitriles is 1. The van der Waals surface area contributed by atoms with Gasteiger partial charge in [0, 0.05) is 42.3 Å². The minimum Gasteiger partial charge on any atom is -0.463 e. The van der Waals surface area contributed by atoms with Gasteiger partial charge in [-0.05, 0) is 62.3 Å². The number of fused-ring (bicyclic) bond motifs is 3. The Hall–Kier alpha value is -4.33. The molecule has 0 unspecified atom stereocenters. The highest BCUT2D eigenvalue weighted by Gasteiger charge is 2.32. The van der Waals surface area contributed by atoms with E-state index in [-0.39, 0.29) is 30.4 Å². The molecule has 2 saturated heterocycles. The van der Waals surface area contributed by atoms with Gasteiger partial charge in [0.1, 0.15) is 18.0 Å². The normalized spacial score (nSPS) is 19.4. The lowest BCUT2D eigenvalue weighted by Gasteiger charge is -2.41. The highest BCUT2D eigenvalue weighted by Crippen LogP contribution is 2.42. The maximum absolute atomic E-state index is 12.6. The first-order chi connectivity index (χ1) is 20.4. The molecule has 2 aliphatic heterocycles. The Morgan fingerprint density at radius 1 is 1.24 bits per heavy atom. The summed E-state index contributed by atoms with van der Waals surface area (Å²) < 4.78 is 12.3. The predicted octanol–water partition coefficient (Wildman–Crippen LogP) is 4.87. The van der Waals surface area contributed by atoms with Gasteiger partial charge in [0.05, 0.1) is 40.7 Å². The van der Waals surface area contributed by atoms with E-state index >= 15 is 0 Å². The molecule has 2 N–H and O–H groups in total. The van der Waals surface area contributed by atoms with Crippen LogP contribution < -0.4 is 15.4 Å². The van der Waals surface area contributed by atoms with E-state index in [0.29, 0.717) is 53.9 Å². The molecule has 10 nitrogen and oxygen atoms in total. The van der Waals surface area contributed by atoms with Crippen LogP contribution in [0.5, 0.6) is 6.01 Å². The molecule has 0 saturated carbocycles. The number of hydrogen-bond donors (Lipinski definition) is 1. The molecule has 2 aromatic heterocycles. The zero-order valence-electron chi connectivity index (χ0n) is 23.4. The van der Waals surface area contributed by atoms with Crippen molar-refractivity contribution in [2.24, 2.45) is 0 Å². The topological polar surface area (TPSA) is 125 Å². The van der Waals surface area contributed by atoms with Crippen molar-refractivity contribution in [3.05, 3.63) is 54.3 Å². The second-order valence-electron chi connectivity index (χ2n) is 10.8. The molecule has 2 fully saturated rings. The monoisotopic (exact) mass is 585 g/mol. The second-order valence-corrected chi connectivity index (χ2v) is 11.2. The number of rotatable bonds is 7. The van der Waals surface area contributed by atoms with E-state index in [0.717, 1.165) is 41.3 Å². The van der Waals surface area contributed by atoms with E-state index in [2.05, 4.69) is 29.5 Å². The molecule has 6 rings (SSSR count). The third-order valence-corrected chi connectivity index (χ3v) is 8.60. The third-order valence-electron chi connectivity index (χ3n) is 8.29. The number of anilines is 2. The van der Waals surface area contributed by atoms with Crippen LogP contribution in [0.1, 0.15) is 19.3 Å². The number of nitrogens with two attached hydrogens (primary N) is 1. The lowest BCUT2D eigenvalue weighted by atomic mass is 9.98. The van der Waals surface area contributed by atoms with Crippen LogP contribution in [0.25, 0.3) is 33.0 Å². The molecular formula is C31H32ClN7O3. The Labute approximate surface area is 248 Å². The molecule has 1 amide bonds. The van der Waals surface area contributed by atoms with Crippen LogP contribution in [-0.2, 0) is 4.79 Å². The van der Waals surface area contributed by atoms with Crippen molar-refractivity contribution in [3.63, 3.8) is 0 Å². The summed E-state index contributed by atoms with van der Waals surface area (Å²) in [6.07, 6.45) is 5.31. The standard InChI is InChI=1S/C31H32ClN7O3/c1-3-27(40)39-13-12-38(17-20(39)8-10-33)30-28-26(35-31(36-30)42-18-21-5-4-11-37(21)2)16-24(23-9-14-41-29(23)28)22-7-6-19(34)15-25(22)32/h3,6-7,9,14-16,20-21H,1,4-5,8,11-13,17-18,34H2,2H3/t20-,21-/m0/s1. The number of likely N-dealkylation sites (N-methyl/N-ethyl adjacent to an activating group) is 1. The molecule has 2 aliphatic rings. The zero-order valence-corrected chi connectivity index (χ0v) is 24.2. The second kappa shape index (κ2) is 11.5. The van der Waals surface area contributed by atoms with Crippen molar-refractivity contribution in [2.45, 2.75) is 31.3 Å². The first kappa shape index (κ1) is 27.8. The van der Waals surface area contributed by atoms with Gasteiger partial charge in [0.25, 0.3) is 0 Å². The van der Waals surface area contributed by atoms with E-state index in [1.54, 1.807) is 17.2 Å². The molecule has 4 heterocycles. The van der Waals surface area contributed by atoms with Gasteiger partial charge in [-0.2, -0.15) is 15.2 Å². The number of amides is 1. The molecular weight excluding hydrogens is 554 g/mol. The fourth-order valence-corrected chi connectivity index (χ4v) is 6.35. The maximum Gasteiger partial charge on any atom is 0.319 e. The molecule has 42 heavy (non-hydrogen) atoms. The van der Waals surface area contributed by atoms with E-state index < -0.39 is 0 Å². The summed E-state index contributed by atoms with van der Waals surface area (Å²) in [5, 5.41) is 11.6. The van der Waals surface area contributed by atoms with Crippen molar-refractivity contribution in [3.8, 4) is 23.2 Å². The zero-order chi connectivity index (χ0) is 29.4. The van der Waals surface area contributed by atoms with E-state index in [1.165, 1.54) is 6.08 Å². The number of nitrogens with zero attached hydrogens (tertiary/aromatic N) is 6. The van der Waals surface area contributed by atoms with Crippen molar-refractivity contribution >= 4 is 50.9 Å². The van der Waals surface area contributed by atoms with Crippen molar-refractivity contribution in [1.82, 2.24) is 19.8 Å². The predicted molar refractivity (Wildman–Crippen MR) is 163 cm³/mol. The van der Waals surface area contributed by atoms with E-state index in [4.69, 9.17) is 36.5 Å². The number of carbonyl (C=O) groups is 1. The molecule has 0 aliphatic carbocycles. The first-order valence-electron chi connectivity index (χ1n) is 14.0. The Balaban J connectivity index is 1.49. The number of ether oxygens (including phenoxy) is 1. The fourth-order valence-electron chi connectivity index (χ4n) is 6.06. The highest BCUT2D eigenvalue weighted by atomic mass is 35.5. The van der Waals surface area contributed by atoms with Gasteiger partial charge in [-0.15, -0.1) is 0 Å². The molecule has 0 spiro atoms. The summed E-state index contributed by atoms with van der Waals surface area (Å²) in [4.78, 5) is 28.4. The van der Waals surface area contributed by atoms with Gasteiger partial charge in [0.2, 0.25) is 5.91 Å². The molecule has 11 heteroatoms. The van der Waals surface area contributed by atoms with Crippen LogP contribution in [-0.4, -0.2) is 77.6 Å². The Kier molecular flexibility index (Phi) is 7.62. The smallest absolute Gasteiger partial charge is 0.319 e. The Morgan fingerprint density at radius 2 is 2.10 bits per heavy atom. The summed E-state index contributed by atoms with van der Waals surface area (Å²) in [6, 6.07) is 11.8. The molecule has 0 radical (unpaired) electrons. The Morgan fingerprint density at radius 3 is 2.83 bits per heavy atom. The van der Waals surface area contributed by atoms with Crippen LogP contribution in [0.3, 0.4) is 0 Å². The molecule has 4 aromatic rings. The van der Waals surface area contributed by atoms with Gasteiger partial charge in [-0.25, -0.2) is 0 Å². The van der Waals surface area contributed by atoms with Crippen molar-refractivity contribution < 1.29 is 13.9 Å². The number of aromatic nitrogens is 2. The summed E-state index contributed by atoms with van der Waals surface area (Å²) in [5.74, 6) is 0.448. The SMILES string of the molecule is C=CC(=O)N1CCN(c2nc(OC[C@@H]3CCCN3C)nc3cc(-c4ccc(N)cc4Cl)c4ccoc4c23)C[C@@H]1CC#N. The summed E-state index contributed by atoms with van der Waals surface area (Å²) in [7, 11) is 2.10. The fraction of sp³-hybridized carbons (Fsp3) is 0.355. The number of likely N-dealkylation sites (tertiary alicyclic amines) is 1. The minimum atomic E-state index is -0.323. The molecule has 216 valence electrons. The van der Waals surface area contributed by atoms with Crippen LogP contribution in [0.2, 0.25) is 5.02 Å². The third kappa shape index (κ3) is 5.10. The van der Waals surface area contributed by atoms with Gasteiger partial charge >= 0.3 is 6.01 Å². The summed E-state index contributed by atoms with van der Waals surface area (Å²) in [5.41, 5.74) is 9.47. The molecule has 2 atom stereocenters. The number of nitrogen functional groups attached to an aromatic ring is 1. The number of halogens is 1. The maximum atomic E-state index is 12.6. The molecule has 0 bridgehead atoms. The van der Waals surface area contributed by atoms with E-state index in [9.17, 15) is 10.1 Å². The lowest BCUT2D eigenvalue weighted by Crippen LogP contribution is -2.55. The average Bonchev–Trinajstić information content (AvgIpc) is 3.64. The summed E-state index contributed by atoms with van der Waals surface area (Å²) in [6.45, 7) is 6.48. The Bertz CT molecular complexity index is 1710. The number of benzene rings is 2. The number of hydrogen-bond acceptors (Lipinski definition) is 9. The van der Waals surface area contributed by atoms with Crippen LogP contribution >= 0.6 is 11.6 Å². The van der Waals surface area contributed by atoms with Crippen LogP contribution in [0, 0.1) is 11.3 Å². The largest absolute Gasteiger partial charge is 0.463 e. The number of carbonyl (C=O) groups excluding carboxylic acids is 1. The highest BCUT2D eigenvalue weighted by molar-refractivity contribution is 6.34. The van der Waals surface area contributed by atoms with Crippen molar-refractivity contribution in [1.29, 1.82) is 5.26 Å². The minimum absolute atomic E-state index is 0.187. The average molecular weight is 586 g/mol. The quantitative estimate of drug-likeness (QED) is 0.239. The molecule has 2 aromatic carbocycles. The van der Waals surface area contributed by atoms with Gasteiger partial charge in [-0.1, -0.05) is 24.2 Å². The van der Waals surface area contributed by atoms with Crippen molar-refractivity contribution in [2.75, 3.05) is 50.5 Å². The van der Waals surface area contributed by atoms with Gasteiger partial charge < -0.3 is 29.6 Å².